The third-order valence-electron chi connectivity index (χ3n) is 2.57. The fourth-order valence-corrected chi connectivity index (χ4v) is 2.62. The van der Waals surface area contributed by atoms with Gasteiger partial charge in [-0.15, -0.1) is 0 Å². The molecule has 6 heteroatoms. The van der Waals surface area contributed by atoms with Crippen molar-refractivity contribution in [2.24, 2.45) is 0 Å². The molecule has 0 saturated heterocycles. The van der Waals surface area contributed by atoms with E-state index < -0.39 is 10.0 Å². The summed E-state index contributed by atoms with van der Waals surface area (Å²) < 4.78 is 31.2. The molecule has 0 aliphatic heterocycles. The molecular formula is C14H19NO4S. The van der Waals surface area contributed by atoms with Crippen LogP contribution in [0.25, 0.3) is 0 Å². The maximum absolute atomic E-state index is 12.0. The molecule has 0 aromatic heterocycles. The van der Waals surface area contributed by atoms with Gasteiger partial charge in [-0.2, -0.15) is 0 Å². The minimum atomic E-state index is -3.52. The smallest absolute Gasteiger partial charge is 0.240 e. The van der Waals surface area contributed by atoms with Gasteiger partial charge in [0, 0.05) is 25.6 Å². The Labute approximate surface area is 120 Å². The van der Waals surface area contributed by atoms with Crippen LogP contribution in [-0.4, -0.2) is 40.4 Å². The second-order valence-electron chi connectivity index (χ2n) is 4.14. The van der Waals surface area contributed by atoms with Gasteiger partial charge < -0.3 is 9.84 Å². The van der Waals surface area contributed by atoms with Gasteiger partial charge in [0.2, 0.25) is 10.0 Å². The average molecular weight is 297 g/mol. The third kappa shape index (κ3) is 4.94. The fraction of sp³-hybridized carbons (Fsp3) is 0.429. The summed E-state index contributed by atoms with van der Waals surface area (Å²) in [5.41, 5.74) is 1.54. The van der Waals surface area contributed by atoms with Crippen LogP contribution in [0.1, 0.15) is 17.5 Å². The monoisotopic (exact) mass is 297 g/mol. The zero-order chi connectivity index (χ0) is 15.0. The lowest BCUT2D eigenvalue weighted by molar-refractivity contribution is 0.204. The number of methoxy groups -OCH3 is 1. The summed E-state index contributed by atoms with van der Waals surface area (Å²) in [6.45, 7) is 2.37. The molecule has 20 heavy (non-hydrogen) atoms. The van der Waals surface area contributed by atoms with Crippen molar-refractivity contribution in [3.8, 4) is 11.8 Å². The van der Waals surface area contributed by atoms with Gasteiger partial charge in [-0.05, 0) is 30.7 Å². The minimum absolute atomic E-state index is 0.0158. The Morgan fingerprint density at radius 2 is 2.15 bits per heavy atom. The van der Waals surface area contributed by atoms with Crippen molar-refractivity contribution in [1.82, 2.24) is 4.72 Å². The summed E-state index contributed by atoms with van der Waals surface area (Å²) in [6.07, 6.45) is 0.401. The highest BCUT2D eigenvalue weighted by Gasteiger charge is 2.13. The molecule has 0 saturated carbocycles. The zero-order valence-electron chi connectivity index (χ0n) is 11.6. The van der Waals surface area contributed by atoms with Gasteiger partial charge in [0.1, 0.15) is 0 Å². The van der Waals surface area contributed by atoms with E-state index in [9.17, 15) is 8.42 Å². The van der Waals surface area contributed by atoms with Gasteiger partial charge in [-0.3, -0.25) is 0 Å². The van der Waals surface area contributed by atoms with E-state index in [2.05, 4.69) is 16.6 Å². The van der Waals surface area contributed by atoms with Gasteiger partial charge in [-0.25, -0.2) is 13.1 Å². The number of ether oxygens (including phenoxy) is 1. The normalized spacial score (nSPS) is 10.9. The second kappa shape index (κ2) is 8.02. The van der Waals surface area contributed by atoms with Crippen LogP contribution in [-0.2, 0) is 14.8 Å². The molecule has 1 aromatic rings. The molecule has 2 N–H and O–H groups in total. The number of hydrogen-bond acceptors (Lipinski definition) is 4. The van der Waals surface area contributed by atoms with E-state index in [1.165, 1.54) is 13.2 Å². The van der Waals surface area contributed by atoms with E-state index in [0.29, 0.717) is 13.0 Å². The summed E-state index contributed by atoms with van der Waals surface area (Å²) in [5.74, 6) is 5.71. The number of sulfonamides is 1. The molecule has 0 amide bonds. The van der Waals surface area contributed by atoms with Crippen molar-refractivity contribution in [3.63, 3.8) is 0 Å². The Hall–Kier alpha value is -1.39. The lowest BCUT2D eigenvalue weighted by atomic mass is 10.1. The first-order valence-electron chi connectivity index (χ1n) is 6.20. The van der Waals surface area contributed by atoms with E-state index in [-0.39, 0.29) is 18.0 Å². The molecule has 0 atom stereocenters. The first-order valence-corrected chi connectivity index (χ1v) is 7.68. The molecule has 1 aromatic carbocycles. The molecule has 0 heterocycles. The number of aliphatic hydroxyl groups excluding tert-OH is 1. The van der Waals surface area contributed by atoms with Gasteiger partial charge in [-0.1, -0.05) is 11.8 Å². The fourth-order valence-electron chi connectivity index (χ4n) is 1.52. The van der Waals surface area contributed by atoms with Crippen molar-refractivity contribution in [2.75, 3.05) is 26.9 Å². The van der Waals surface area contributed by atoms with Crippen LogP contribution in [0, 0.1) is 18.8 Å². The van der Waals surface area contributed by atoms with E-state index in [4.69, 9.17) is 9.84 Å². The van der Waals surface area contributed by atoms with Gasteiger partial charge in [0.15, 0.2) is 0 Å². The first-order chi connectivity index (χ1) is 9.51. The summed E-state index contributed by atoms with van der Waals surface area (Å²) in [4.78, 5) is 0.207. The minimum Gasteiger partial charge on any atom is -0.395 e. The molecule has 0 bridgehead atoms. The number of aliphatic hydroxyl groups is 1. The molecule has 0 spiro atoms. The molecular weight excluding hydrogens is 278 g/mol. The molecule has 0 aliphatic rings. The Morgan fingerprint density at radius 1 is 1.40 bits per heavy atom. The third-order valence-corrected chi connectivity index (χ3v) is 4.03. The Kier molecular flexibility index (Phi) is 6.68. The van der Waals surface area contributed by atoms with Crippen molar-refractivity contribution in [3.05, 3.63) is 29.3 Å². The Bertz CT molecular complexity index is 599. The van der Waals surface area contributed by atoms with Crippen LogP contribution in [0.15, 0.2) is 23.1 Å². The SMILES string of the molecule is COCCNS(=O)(=O)c1ccc(C#CCCO)c(C)c1. The molecule has 110 valence electrons. The average Bonchev–Trinajstić information content (AvgIpc) is 2.41. The van der Waals surface area contributed by atoms with Crippen LogP contribution in [0.3, 0.4) is 0 Å². The molecule has 0 aliphatic carbocycles. The van der Waals surface area contributed by atoms with E-state index in [1.54, 1.807) is 19.1 Å². The lowest BCUT2D eigenvalue weighted by Crippen LogP contribution is -2.27. The quantitative estimate of drug-likeness (QED) is 0.597. The van der Waals surface area contributed by atoms with Crippen LogP contribution in [0.2, 0.25) is 0 Å². The summed E-state index contributed by atoms with van der Waals surface area (Å²) in [6, 6.07) is 4.77. The van der Waals surface area contributed by atoms with E-state index in [1.807, 2.05) is 0 Å². The van der Waals surface area contributed by atoms with Crippen molar-refractivity contribution in [1.29, 1.82) is 0 Å². The topological polar surface area (TPSA) is 75.6 Å². The van der Waals surface area contributed by atoms with Crippen molar-refractivity contribution < 1.29 is 18.3 Å². The summed E-state index contributed by atoms with van der Waals surface area (Å²) in [5, 5.41) is 8.67. The highest BCUT2D eigenvalue weighted by Crippen LogP contribution is 2.14. The zero-order valence-corrected chi connectivity index (χ0v) is 12.5. The van der Waals surface area contributed by atoms with Crippen molar-refractivity contribution >= 4 is 10.0 Å². The molecule has 1 rings (SSSR count). The maximum atomic E-state index is 12.0. The summed E-state index contributed by atoms with van der Waals surface area (Å²) in [7, 11) is -2.00. The standard InChI is InChI=1S/C14H19NO4S/c1-12-11-14(20(17,18)15-8-10-19-2)7-6-13(12)5-3-4-9-16/h6-7,11,15-16H,4,8-10H2,1-2H3. The maximum Gasteiger partial charge on any atom is 0.240 e. The number of aryl methyl sites for hydroxylation is 1. The highest BCUT2D eigenvalue weighted by molar-refractivity contribution is 7.89. The molecule has 5 nitrogen and oxygen atoms in total. The van der Waals surface area contributed by atoms with E-state index >= 15 is 0 Å². The number of hydrogen-bond donors (Lipinski definition) is 2. The lowest BCUT2D eigenvalue weighted by Gasteiger charge is -2.07. The van der Waals surface area contributed by atoms with E-state index in [0.717, 1.165) is 11.1 Å². The Balaban J connectivity index is 2.89. The number of benzene rings is 1. The summed E-state index contributed by atoms with van der Waals surface area (Å²) >= 11 is 0. The Morgan fingerprint density at radius 3 is 2.75 bits per heavy atom. The predicted molar refractivity (Wildman–Crippen MR) is 76.8 cm³/mol. The van der Waals surface area contributed by atoms with Gasteiger partial charge in [0.25, 0.3) is 0 Å². The van der Waals surface area contributed by atoms with Crippen molar-refractivity contribution in [2.45, 2.75) is 18.2 Å². The van der Waals surface area contributed by atoms with Gasteiger partial charge in [0.05, 0.1) is 18.1 Å². The van der Waals surface area contributed by atoms with Gasteiger partial charge >= 0.3 is 0 Å². The van der Waals surface area contributed by atoms with Crippen LogP contribution < -0.4 is 4.72 Å². The highest BCUT2D eigenvalue weighted by atomic mass is 32.2. The molecule has 0 fully saturated rings. The van der Waals surface area contributed by atoms with Crippen LogP contribution >= 0.6 is 0 Å². The van der Waals surface area contributed by atoms with Crippen LogP contribution in [0.4, 0.5) is 0 Å². The molecule has 0 unspecified atom stereocenters. The predicted octanol–water partition coefficient (Wildman–Crippen LogP) is 0.654. The first kappa shape index (κ1) is 16.7. The number of nitrogens with one attached hydrogen (secondary N) is 1. The number of rotatable bonds is 6. The largest absolute Gasteiger partial charge is 0.395 e. The molecule has 0 radical (unpaired) electrons. The second-order valence-corrected chi connectivity index (χ2v) is 5.91. The van der Waals surface area contributed by atoms with Crippen LogP contribution in [0.5, 0.6) is 0 Å².